The minimum Gasteiger partial charge on any atom is -0.385 e. The zero-order valence-electron chi connectivity index (χ0n) is 12.9. The maximum atomic E-state index is 3.51. The summed E-state index contributed by atoms with van der Waals surface area (Å²) in [5.41, 5.74) is 4.27. The van der Waals surface area contributed by atoms with E-state index in [0.29, 0.717) is 6.04 Å². The van der Waals surface area contributed by atoms with Crippen LogP contribution in [0.2, 0.25) is 0 Å². The highest BCUT2D eigenvalue weighted by Crippen LogP contribution is 2.29. The Morgan fingerprint density at radius 2 is 2.15 bits per heavy atom. The summed E-state index contributed by atoms with van der Waals surface area (Å²) in [5.74, 6) is 0. The topological polar surface area (TPSA) is 18.5 Å². The Bertz CT molecular complexity index is 458. The molecule has 2 aliphatic rings. The lowest BCUT2D eigenvalue weighted by molar-refractivity contribution is 0.328. The fourth-order valence-electron chi connectivity index (χ4n) is 3.57. The molecule has 0 amide bonds. The Morgan fingerprint density at radius 1 is 1.25 bits per heavy atom. The molecule has 0 radical (unpaired) electrons. The van der Waals surface area contributed by atoms with Gasteiger partial charge in [-0.3, -0.25) is 0 Å². The highest BCUT2D eigenvalue weighted by molar-refractivity contribution is 5.62. The molecular weight excluding hydrogens is 246 g/mol. The molecule has 110 valence electrons. The number of hydrogen-bond acceptors (Lipinski definition) is 3. The number of benzene rings is 1. The van der Waals surface area contributed by atoms with Crippen LogP contribution in [0.15, 0.2) is 18.2 Å². The highest BCUT2D eigenvalue weighted by atomic mass is 15.2. The summed E-state index contributed by atoms with van der Waals surface area (Å²) in [4.78, 5) is 5.12. The third-order valence-electron chi connectivity index (χ3n) is 4.73. The van der Waals surface area contributed by atoms with Crippen molar-refractivity contribution >= 4 is 11.4 Å². The predicted octanol–water partition coefficient (Wildman–Crippen LogP) is 2.97. The molecule has 0 saturated carbocycles. The van der Waals surface area contributed by atoms with Gasteiger partial charge in [0.15, 0.2) is 0 Å². The number of hydrogen-bond donors (Lipinski definition) is 1. The molecule has 0 bridgehead atoms. The van der Waals surface area contributed by atoms with E-state index < -0.39 is 0 Å². The van der Waals surface area contributed by atoms with E-state index in [2.05, 4.69) is 47.3 Å². The van der Waals surface area contributed by atoms with E-state index in [1.54, 1.807) is 0 Å². The summed E-state index contributed by atoms with van der Waals surface area (Å²) in [6.45, 7) is 7.04. The molecule has 2 heterocycles. The average molecular weight is 273 g/mol. The summed E-state index contributed by atoms with van der Waals surface area (Å²) >= 11 is 0. The molecule has 2 aliphatic heterocycles. The quantitative estimate of drug-likeness (QED) is 0.894. The van der Waals surface area contributed by atoms with Crippen molar-refractivity contribution < 1.29 is 0 Å². The second-order valence-electron chi connectivity index (χ2n) is 6.24. The molecule has 3 nitrogen and oxygen atoms in total. The summed E-state index contributed by atoms with van der Waals surface area (Å²) < 4.78 is 0. The van der Waals surface area contributed by atoms with E-state index in [4.69, 9.17) is 0 Å². The predicted molar refractivity (Wildman–Crippen MR) is 86.8 cm³/mol. The van der Waals surface area contributed by atoms with Crippen LogP contribution in [0.25, 0.3) is 0 Å². The Labute approximate surface area is 123 Å². The average Bonchev–Trinajstić information content (AvgIpc) is 2.68. The van der Waals surface area contributed by atoms with Crippen molar-refractivity contribution in [1.29, 1.82) is 0 Å². The molecule has 1 N–H and O–H groups in total. The van der Waals surface area contributed by atoms with E-state index in [1.165, 1.54) is 62.3 Å². The van der Waals surface area contributed by atoms with Gasteiger partial charge in [-0.05, 0) is 63.0 Å². The standard InChI is InChI=1S/C17H27N3/c1-3-15-13-19(2)10-5-11-20(15)16-7-8-17-14(12-16)6-4-9-18-17/h7-8,12,15,18H,3-6,9-11,13H2,1-2H3. The van der Waals surface area contributed by atoms with Gasteiger partial charge in [0.25, 0.3) is 0 Å². The number of nitrogens with zero attached hydrogens (tertiary/aromatic N) is 2. The summed E-state index contributed by atoms with van der Waals surface area (Å²) in [6, 6.07) is 7.67. The fraction of sp³-hybridized carbons (Fsp3) is 0.647. The first kappa shape index (κ1) is 13.7. The molecule has 1 fully saturated rings. The minimum atomic E-state index is 0.650. The van der Waals surface area contributed by atoms with Gasteiger partial charge in [-0.1, -0.05) is 6.92 Å². The second-order valence-corrected chi connectivity index (χ2v) is 6.24. The third kappa shape index (κ3) is 2.78. The molecular formula is C17H27N3. The maximum Gasteiger partial charge on any atom is 0.0414 e. The van der Waals surface area contributed by atoms with Crippen LogP contribution >= 0.6 is 0 Å². The van der Waals surface area contributed by atoms with Crippen LogP contribution in [-0.4, -0.2) is 44.2 Å². The van der Waals surface area contributed by atoms with E-state index in [9.17, 15) is 0 Å². The van der Waals surface area contributed by atoms with Gasteiger partial charge in [-0.25, -0.2) is 0 Å². The normalized spacial score (nSPS) is 23.9. The second kappa shape index (κ2) is 6.04. The Morgan fingerprint density at radius 3 is 3.00 bits per heavy atom. The van der Waals surface area contributed by atoms with Gasteiger partial charge in [0, 0.05) is 37.1 Å². The van der Waals surface area contributed by atoms with Crippen LogP contribution in [-0.2, 0) is 6.42 Å². The van der Waals surface area contributed by atoms with Crippen molar-refractivity contribution in [2.24, 2.45) is 0 Å². The van der Waals surface area contributed by atoms with Crippen molar-refractivity contribution in [2.45, 2.75) is 38.6 Å². The SMILES string of the molecule is CCC1CN(C)CCCN1c1ccc2c(c1)CCCN2. The Hall–Kier alpha value is -1.22. The van der Waals surface area contributed by atoms with Crippen LogP contribution in [0.5, 0.6) is 0 Å². The van der Waals surface area contributed by atoms with Gasteiger partial charge < -0.3 is 15.1 Å². The number of anilines is 2. The van der Waals surface area contributed by atoms with Crippen LogP contribution in [0.3, 0.4) is 0 Å². The summed E-state index contributed by atoms with van der Waals surface area (Å²) in [7, 11) is 2.25. The smallest absolute Gasteiger partial charge is 0.0414 e. The number of aryl methyl sites for hydroxylation is 1. The van der Waals surface area contributed by atoms with Gasteiger partial charge in [0.2, 0.25) is 0 Å². The van der Waals surface area contributed by atoms with Gasteiger partial charge in [0.1, 0.15) is 0 Å². The molecule has 0 aromatic heterocycles. The van der Waals surface area contributed by atoms with Gasteiger partial charge >= 0.3 is 0 Å². The molecule has 1 aromatic rings. The van der Waals surface area contributed by atoms with Crippen LogP contribution in [0.4, 0.5) is 11.4 Å². The first-order valence-electron chi connectivity index (χ1n) is 8.10. The molecule has 1 atom stereocenters. The minimum absolute atomic E-state index is 0.650. The molecule has 1 saturated heterocycles. The van der Waals surface area contributed by atoms with Crippen molar-refractivity contribution in [3.05, 3.63) is 23.8 Å². The molecule has 0 spiro atoms. The number of nitrogens with one attached hydrogen (secondary N) is 1. The molecule has 3 rings (SSSR count). The van der Waals surface area contributed by atoms with E-state index in [1.807, 2.05) is 0 Å². The summed E-state index contributed by atoms with van der Waals surface area (Å²) in [5, 5.41) is 3.51. The van der Waals surface area contributed by atoms with E-state index >= 15 is 0 Å². The van der Waals surface area contributed by atoms with E-state index in [-0.39, 0.29) is 0 Å². The van der Waals surface area contributed by atoms with Crippen molar-refractivity contribution in [3.8, 4) is 0 Å². The lowest BCUT2D eigenvalue weighted by Gasteiger charge is -2.33. The summed E-state index contributed by atoms with van der Waals surface area (Å²) in [6.07, 6.45) is 4.97. The number of fused-ring (bicyclic) bond motifs is 1. The first-order chi connectivity index (χ1) is 9.78. The zero-order chi connectivity index (χ0) is 13.9. The maximum absolute atomic E-state index is 3.51. The van der Waals surface area contributed by atoms with Gasteiger partial charge in [-0.2, -0.15) is 0 Å². The lowest BCUT2D eigenvalue weighted by Crippen LogP contribution is -2.39. The van der Waals surface area contributed by atoms with Crippen LogP contribution in [0.1, 0.15) is 31.7 Å². The molecule has 1 aromatic carbocycles. The largest absolute Gasteiger partial charge is 0.385 e. The van der Waals surface area contributed by atoms with Crippen LogP contribution in [0, 0.1) is 0 Å². The lowest BCUT2D eigenvalue weighted by atomic mass is 10.0. The third-order valence-corrected chi connectivity index (χ3v) is 4.73. The molecule has 20 heavy (non-hydrogen) atoms. The monoisotopic (exact) mass is 273 g/mol. The van der Waals surface area contributed by atoms with Gasteiger partial charge in [0.05, 0.1) is 0 Å². The van der Waals surface area contributed by atoms with Crippen LogP contribution < -0.4 is 10.2 Å². The highest BCUT2D eigenvalue weighted by Gasteiger charge is 2.23. The molecule has 3 heteroatoms. The Balaban J connectivity index is 1.86. The van der Waals surface area contributed by atoms with Gasteiger partial charge in [-0.15, -0.1) is 0 Å². The fourth-order valence-corrected chi connectivity index (χ4v) is 3.57. The Kier molecular flexibility index (Phi) is 4.16. The molecule has 0 aliphatic carbocycles. The zero-order valence-corrected chi connectivity index (χ0v) is 12.9. The van der Waals surface area contributed by atoms with E-state index in [0.717, 1.165) is 6.54 Å². The van der Waals surface area contributed by atoms with Crippen molar-refractivity contribution in [3.63, 3.8) is 0 Å². The van der Waals surface area contributed by atoms with Crippen molar-refractivity contribution in [2.75, 3.05) is 43.4 Å². The first-order valence-corrected chi connectivity index (χ1v) is 8.10. The van der Waals surface area contributed by atoms with Crippen molar-refractivity contribution in [1.82, 2.24) is 4.90 Å². The number of likely N-dealkylation sites (N-methyl/N-ethyl adjacent to an activating group) is 1. The number of rotatable bonds is 2. The molecule has 1 unspecified atom stereocenters.